The number of rotatable bonds is 4. The molecule has 1 aromatic carbocycles. The van der Waals surface area contributed by atoms with Gasteiger partial charge in [0.05, 0.1) is 12.6 Å². The zero-order valence-electron chi connectivity index (χ0n) is 9.73. The number of imidazole rings is 1. The summed E-state index contributed by atoms with van der Waals surface area (Å²) in [4.78, 5) is 4.60. The topological polar surface area (TPSA) is 53.1 Å². The molecular weight excluding hydrogens is 202 g/mol. The molecule has 86 valence electrons. The number of nitrogens with zero attached hydrogens (tertiary/aromatic N) is 2. The van der Waals surface area contributed by atoms with Crippen LogP contribution in [0.1, 0.15) is 12.2 Å². The first-order chi connectivity index (χ1) is 7.77. The molecule has 16 heavy (non-hydrogen) atoms. The Morgan fingerprint density at radius 2 is 2.25 bits per heavy atom. The molecule has 0 aliphatic rings. The molecule has 4 nitrogen and oxygen atoms in total. The lowest BCUT2D eigenvalue weighted by Gasteiger charge is -2.01. The van der Waals surface area contributed by atoms with E-state index in [2.05, 4.69) is 15.6 Å². The molecule has 0 aliphatic heterocycles. The van der Waals surface area contributed by atoms with Gasteiger partial charge in [0, 0.05) is 13.5 Å². The molecule has 0 atom stereocenters. The van der Waals surface area contributed by atoms with E-state index >= 15 is 0 Å². The van der Waals surface area contributed by atoms with Crippen LogP contribution in [0.25, 0.3) is 11.0 Å². The van der Waals surface area contributed by atoms with Gasteiger partial charge in [-0.25, -0.2) is 4.98 Å². The highest BCUT2D eigenvalue weighted by Gasteiger charge is 2.10. The van der Waals surface area contributed by atoms with Crippen molar-refractivity contribution in [1.82, 2.24) is 9.55 Å². The first-order valence-corrected chi connectivity index (χ1v) is 5.46. The van der Waals surface area contributed by atoms with E-state index in [-0.39, 0.29) is 0 Å². The normalized spacial score (nSPS) is 10.9. The van der Waals surface area contributed by atoms with Crippen LogP contribution in [0.5, 0.6) is 5.75 Å². The molecule has 2 N–H and O–H groups in total. The van der Waals surface area contributed by atoms with Crippen LogP contribution in [0, 0.1) is 0 Å². The van der Waals surface area contributed by atoms with Crippen molar-refractivity contribution in [2.24, 2.45) is 12.8 Å². The van der Waals surface area contributed by atoms with Gasteiger partial charge >= 0.3 is 0 Å². The quantitative estimate of drug-likeness (QED) is 0.847. The number of aromatic nitrogens is 2. The average molecular weight is 219 g/mol. The monoisotopic (exact) mass is 219 g/mol. The smallest absolute Gasteiger partial charge is 0.146 e. The fourth-order valence-corrected chi connectivity index (χ4v) is 1.89. The van der Waals surface area contributed by atoms with Crippen molar-refractivity contribution >= 4 is 11.0 Å². The van der Waals surface area contributed by atoms with Gasteiger partial charge in [-0.2, -0.15) is 0 Å². The van der Waals surface area contributed by atoms with Crippen molar-refractivity contribution in [3.05, 3.63) is 24.0 Å². The molecule has 0 radical (unpaired) electrons. The predicted octanol–water partition coefficient (Wildman–Crippen LogP) is 1.47. The highest BCUT2D eigenvalue weighted by Crippen LogP contribution is 2.25. The van der Waals surface area contributed by atoms with E-state index in [0.29, 0.717) is 6.54 Å². The third-order valence-corrected chi connectivity index (χ3v) is 2.79. The van der Waals surface area contributed by atoms with Crippen LogP contribution in [0.15, 0.2) is 18.2 Å². The Bertz CT molecular complexity index is 490. The SMILES string of the molecule is COc1cccc2c1nc(CCCN)n2C. The van der Waals surface area contributed by atoms with Crippen LogP contribution in [-0.2, 0) is 13.5 Å². The molecule has 0 saturated carbocycles. The first-order valence-electron chi connectivity index (χ1n) is 5.46. The zero-order chi connectivity index (χ0) is 11.5. The van der Waals surface area contributed by atoms with Gasteiger partial charge in [-0.15, -0.1) is 0 Å². The largest absolute Gasteiger partial charge is 0.494 e. The Morgan fingerprint density at radius 1 is 1.44 bits per heavy atom. The lowest BCUT2D eigenvalue weighted by Crippen LogP contribution is -2.04. The van der Waals surface area contributed by atoms with Gasteiger partial charge in [-0.3, -0.25) is 0 Å². The fourth-order valence-electron chi connectivity index (χ4n) is 1.89. The number of aryl methyl sites for hydroxylation is 2. The Kier molecular flexibility index (Phi) is 3.10. The maximum atomic E-state index is 5.52. The van der Waals surface area contributed by atoms with Crippen molar-refractivity contribution < 1.29 is 4.74 Å². The Balaban J connectivity index is 2.49. The lowest BCUT2D eigenvalue weighted by atomic mass is 10.3. The Hall–Kier alpha value is -1.55. The number of hydrogen-bond donors (Lipinski definition) is 1. The molecule has 0 saturated heterocycles. The van der Waals surface area contributed by atoms with Crippen LogP contribution in [0.3, 0.4) is 0 Å². The number of para-hydroxylation sites is 1. The number of ether oxygens (including phenoxy) is 1. The maximum Gasteiger partial charge on any atom is 0.146 e. The Morgan fingerprint density at radius 3 is 2.94 bits per heavy atom. The molecule has 0 amide bonds. The van der Waals surface area contributed by atoms with E-state index in [1.807, 2.05) is 19.2 Å². The van der Waals surface area contributed by atoms with E-state index in [4.69, 9.17) is 10.5 Å². The molecule has 0 unspecified atom stereocenters. The van der Waals surface area contributed by atoms with Crippen molar-refractivity contribution in [3.8, 4) is 5.75 Å². The van der Waals surface area contributed by atoms with E-state index in [1.165, 1.54) is 0 Å². The van der Waals surface area contributed by atoms with Gasteiger partial charge in [0.1, 0.15) is 17.1 Å². The zero-order valence-corrected chi connectivity index (χ0v) is 9.73. The first kappa shape index (κ1) is 11.0. The van der Waals surface area contributed by atoms with E-state index in [9.17, 15) is 0 Å². The number of fused-ring (bicyclic) bond motifs is 1. The minimum Gasteiger partial charge on any atom is -0.494 e. The molecule has 0 fully saturated rings. The second-order valence-electron chi connectivity index (χ2n) is 3.81. The third-order valence-electron chi connectivity index (χ3n) is 2.79. The average Bonchev–Trinajstić information content (AvgIpc) is 2.64. The molecule has 1 aromatic heterocycles. The standard InChI is InChI=1S/C12H17N3O/c1-15-9-5-3-6-10(16-2)12(9)14-11(15)7-4-8-13/h3,5-6H,4,7-8,13H2,1-2H3. The highest BCUT2D eigenvalue weighted by molar-refractivity contribution is 5.82. The molecule has 0 spiro atoms. The fraction of sp³-hybridized carbons (Fsp3) is 0.417. The second kappa shape index (κ2) is 4.53. The molecule has 0 bridgehead atoms. The van der Waals surface area contributed by atoms with Crippen molar-refractivity contribution in [2.45, 2.75) is 12.8 Å². The molecule has 4 heteroatoms. The summed E-state index contributed by atoms with van der Waals surface area (Å²) < 4.78 is 7.40. The van der Waals surface area contributed by atoms with E-state index in [0.717, 1.165) is 35.4 Å². The molecule has 1 heterocycles. The summed E-state index contributed by atoms with van der Waals surface area (Å²) in [6, 6.07) is 5.97. The third kappa shape index (κ3) is 1.76. The van der Waals surface area contributed by atoms with Gasteiger partial charge < -0.3 is 15.0 Å². The molecule has 2 rings (SSSR count). The number of hydrogen-bond acceptors (Lipinski definition) is 3. The summed E-state index contributed by atoms with van der Waals surface area (Å²) in [5.41, 5.74) is 7.55. The van der Waals surface area contributed by atoms with Crippen LogP contribution in [0.2, 0.25) is 0 Å². The van der Waals surface area contributed by atoms with Gasteiger partial charge in [-0.1, -0.05) is 6.07 Å². The summed E-state index contributed by atoms with van der Waals surface area (Å²) in [5, 5.41) is 0. The second-order valence-corrected chi connectivity index (χ2v) is 3.81. The van der Waals surface area contributed by atoms with Gasteiger partial charge in [0.2, 0.25) is 0 Å². The molecule has 2 aromatic rings. The lowest BCUT2D eigenvalue weighted by molar-refractivity contribution is 0.419. The molecule has 0 aliphatic carbocycles. The van der Waals surface area contributed by atoms with Crippen molar-refractivity contribution in [2.75, 3.05) is 13.7 Å². The van der Waals surface area contributed by atoms with Crippen LogP contribution in [0.4, 0.5) is 0 Å². The summed E-state index contributed by atoms with van der Waals surface area (Å²) in [7, 11) is 3.70. The Labute approximate surface area is 95.0 Å². The number of nitrogens with two attached hydrogens (primary N) is 1. The minimum atomic E-state index is 0.695. The highest BCUT2D eigenvalue weighted by atomic mass is 16.5. The summed E-state index contributed by atoms with van der Waals surface area (Å²) >= 11 is 0. The summed E-state index contributed by atoms with van der Waals surface area (Å²) in [6.45, 7) is 0.695. The van der Waals surface area contributed by atoms with Crippen LogP contribution >= 0.6 is 0 Å². The number of benzene rings is 1. The summed E-state index contributed by atoms with van der Waals surface area (Å²) in [5.74, 6) is 1.89. The summed E-state index contributed by atoms with van der Waals surface area (Å²) in [6.07, 6.45) is 1.87. The van der Waals surface area contributed by atoms with E-state index in [1.54, 1.807) is 7.11 Å². The van der Waals surface area contributed by atoms with Gasteiger partial charge in [-0.05, 0) is 25.1 Å². The van der Waals surface area contributed by atoms with Gasteiger partial charge in [0.25, 0.3) is 0 Å². The van der Waals surface area contributed by atoms with Gasteiger partial charge in [0.15, 0.2) is 0 Å². The molecular formula is C12H17N3O. The minimum absolute atomic E-state index is 0.695. The van der Waals surface area contributed by atoms with Crippen molar-refractivity contribution in [1.29, 1.82) is 0 Å². The van der Waals surface area contributed by atoms with Crippen molar-refractivity contribution in [3.63, 3.8) is 0 Å². The van der Waals surface area contributed by atoms with E-state index < -0.39 is 0 Å². The van der Waals surface area contributed by atoms with Crippen LogP contribution < -0.4 is 10.5 Å². The van der Waals surface area contributed by atoms with Crippen LogP contribution in [-0.4, -0.2) is 23.2 Å². The predicted molar refractivity (Wildman–Crippen MR) is 64.6 cm³/mol. The number of methoxy groups -OCH3 is 1. The maximum absolute atomic E-state index is 5.52.